The van der Waals surface area contributed by atoms with Crippen LogP contribution in [0.5, 0.6) is 0 Å². The highest BCUT2D eigenvalue weighted by molar-refractivity contribution is 5.94. The van der Waals surface area contributed by atoms with Gasteiger partial charge in [-0.1, -0.05) is 13.0 Å². The first-order valence-corrected chi connectivity index (χ1v) is 18.8. The lowest BCUT2D eigenvalue weighted by Gasteiger charge is -2.37. The number of carbonyl (C=O) groups is 4. The molecule has 3 heterocycles. The quantitative estimate of drug-likeness (QED) is 0.203. The van der Waals surface area contributed by atoms with Crippen molar-refractivity contribution in [2.75, 3.05) is 38.7 Å². The van der Waals surface area contributed by atoms with E-state index in [1.54, 1.807) is 41.8 Å². The zero-order valence-corrected chi connectivity index (χ0v) is 30.7. The minimum atomic E-state index is -2.76. The Morgan fingerprint density at radius 1 is 1.04 bits per heavy atom. The standard InChI is InChI=1S/C22H28F3N3O2.C16H21F2N3O3/c1-3-17(29)27-18(19(30)28-10-8-20(9-11-28)13-22(20,24)25)21(6-7-21)14-4-5-16(26-2)15(23)12-14;17-16(18)4-1-2-12(6-16)13(8-22)20-15(23)14-3-5-19-21(14)7-11-9-24-10-11/h4-5,12,18,26H,3,6-11,13H2,1-2H3,(H,27,29);3,5,8,11-13H,1-2,4,6-7,9-10H2,(H,20,23). The first-order valence-electron chi connectivity index (χ1n) is 18.8. The molecular formula is C38H49F5N6O5. The van der Waals surface area contributed by atoms with Gasteiger partial charge in [0.25, 0.3) is 11.8 Å². The molecule has 16 heteroatoms. The highest BCUT2D eigenvalue weighted by Gasteiger charge is 2.71. The molecule has 11 nitrogen and oxygen atoms in total. The highest BCUT2D eigenvalue weighted by atomic mass is 19.3. The average molecular weight is 765 g/mol. The Kier molecular flexibility index (Phi) is 11.4. The lowest BCUT2D eigenvalue weighted by Crippen LogP contribution is -2.56. The van der Waals surface area contributed by atoms with Crippen molar-refractivity contribution in [3.05, 3.63) is 47.5 Å². The number of ether oxygens (including phenoxy) is 1. The second-order valence-corrected chi connectivity index (χ2v) is 15.6. The number of likely N-dealkylation sites (tertiary alicyclic amines) is 1. The van der Waals surface area contributed by atoms with Gasteiger partial charge in [0.15, 0.2) is 0 Å². The summed E-state index contributed by atoms with van der Waals surface area (Å²) in [6.07, 6.45) is 4.41. The van der Waals surface area contributed by atoms with E-state index in [0.717, 1.165) is 0 Å². The summed E-state index contributed by atoms with van der Waals surface area (Å²) in [6.45, 7) is 4.05. The molecule has 0 radical (unpaired) electrons. The maximum absolute atomic E-state index is 14.4. The molecule has 0 bridgehead atoms. The second kappa shape index (κ2) is 15.6. The SMILES string of the molecule is CCC(=O)NC(C(=O)N1CCC2(CC1)CC2(F)F)C1(c2ccc(NC)c(F)c2)CC1.O=CC(NC(=O)c1ccnn1CC1COC1)C1CCCC(F)(F)C1. The van der Waals surface area contributed by atoms with Gasteiger partial charge in [0.2, 0.25) is 17.7 Å². The van der Waals surface area contributed by atoms with Gasteiger partial charge in [-0.25, -0.2) is 22.0 Å². The predicted octanol–water partition coefficient (Wildman–Crippen LogP) is 5.09. The van der Waals surface area contributed by atoms with E-state index in [9.17, 15) is 41.1 Å². The van der Waals surface area contributed by atoms with Crippen LogP contribution in [0.4, 0.5) is 27.6 Å². The summed E-state index contributed by atoms with van der Waals surface area (Å²) in [4.78, 5) is 51.0. The largest absolute Gasteiger partial charge is 0.386 e. The molecule has 3 saturated carbocycles. The van der Waals surface area contributed by atoms with Crippen LogP contribution in [0, 0.1) is 23.1 Å². The van der Waals surface area contributed by atoms with Crippen molar-refractivity contribution in [3.8, 4) is 0 Å². The average Bonchev–Trinajstić information content (AvgIpc) is 3.96. The molecular weight excluding hydrogens is 715 g/mol. The molecule has 1 spiro atoms. The predicted molar refractivity (Wildman–Crippen MR) is 188 cm³/mol. The van der Waals surface area contributed by atoms with Crippen molar-refractivity contribution in [1.82, 2.24) is 25.3 Å². The number of aldehydes is 1. The molecule has 7 rings (SSSR count). The van der Waals surface area contributed by atoms with Crippen LogP contribution in [0.3, 0.4) is 0 Å². The Morgan fingerprint density at radius 2 is 1.74 bits per heavy atom. The topological polar surface area (TPSA) is 135 Å². The van der Waals surface area contributed by atoms with Gasteiger partial charge < -0.3 is 30.4 Å². The monoisotopic (exact) mass is 764 g/mol. The Hall–Kier alpha value is -4.08. The van der Waals surface area contributed by atoms with Gasteiger partial charge in [0.05, 0.1) is 24.9 Å². The van der Waals surface area contributed by atoms with E-state index in [1.807, 2.05) is 0 Å². The number of rotatable bonds is 12. The molecule has 2 aliphatic heterocycles. The summed E-state index contributed by atoms with van der Waals surface area (Å²) in [6, 6.07) is 4.68. The van der Waals surface area contributed by atoms with Crippen LogP contribution in [-0.4, -0.2) is 96.0 Å². The van der Waals surface area contributed by atoms with Crippen LogP contribution in [0.1, 0.15) is 87.2 Å². The van der Waals surface area contributed by atoms with Crippen molar-refractivity contribution in [2.45, 2.75) is 107 Å². The number of alkyl halides is 4. The third-order valence-corrected chi connectivity index (χ3v) is 12.0. The van der Waals surface area contributed by atoms with Crippen LogP contribution in [0.2, 0.25) is 0 Å². The molecule has 1 aromatic carbocycles. The van der Waals surface area contributed by atoms with Crippen LogP contribution >= 0.6 is 0 Å². The molecule has 3 atom stereocenters. The number of hydrogen-bond acceptors (Lipinski definition) is 7. The lowest BCUT2D eigenvalue weighted by molar-refractivity contribution is -0.139. The number of benzene rings is 1. The van der Waals surface area contributed by atoms with Crippen LogP contribution in [0.25, 0.3) is 0 Å². The molecule has 5 aliphatic rings. The summed E-state index contributed by atoms with van der Waals surface area (Å²) in [5.41, 5.74) is -0.239. The number of hydrogen-bond donors (Lipinski definition) is 3. The number of aromatic nitrogens is 2. The van der Waals surface area contributed by atoms with E-state index in [1.165, 1.54) is 12.3 Å². The number of nitrogens with zero attached hydrogens (tertiary/aromatic N) is 3. The van der Waals surface area contributed by atoms with Gasteiger partial charge in [-0.15, -0.1) is 0 Å². The first kappa shape index (κ1) is 39.6. The van der Waals surface area contributed by atoms with Crippen molar-refractivity contribution < 1.29 is 45.9 Å². The van der Waals surface area contributed by atoms with Gasteiger partial charge >= 0.3 is 0 Å². The van der Waals surface area contributed by atoms with Crippen LogP contribution < -0.4 is 16.0 Å². The molecule has 3 unspecified atom stereocenters. The molecule has 296 valence electrons. The fourth-order valence-electron chi connectivity index (χ4n) is 8.18. The Balaban J connectivity index is 0.000000189. The first-order chi connectivity index (χ1) is 25.7. The third-order valence-electron chi connectivity index (χ3n) is 12.0. The number of amides is 3. The summed E-state index contributed by atoms with van der Waals surface area (Å²) in [7, 11) is 1.63. The van der Waals surface area contributed by atoms with Gasteiger partial charge in [-0.3, -0.25) is 19.1 Å². The van der Waals surface area contributed by atoms with Crippen molar-refractivity contribution in [1.29, 1.82) is 0 Å². The molecule has 5 fully saturated rings. The van der Waals surface area contributed by atoms with E-state index in [0.29, 0.717) is 74.6 Å². The smallest absolute Gasteiger partial charge is 0.270 e. The Bertz CT molecular complexity index is 1700. The summed E-state index contributed by atoms with van der Waals surface area (Å²) >= 11 is 0. The van der Waals surface area contributed by atoms with E-state index >= 15 is 0 Å². The van der Waals surface area contributed by atoms with E-state index in [2.05, 4.69) is 21.0 Å². The maximum atomic E-state index is 14.4. The second-order valence-electron chi connectivity index (χ2n) is 15.6. The van der Waals surface area contributed by atoms with Crippen molar-refractivity contribution in [3.63, 3.8) is 0 Å². The molecule has 2 saturated heterocycles. The van der Waals surface area contributed by atoms with E-state index < -0.39 is 52.4 Å². The van der Waals surface area contributed by atoms with Crippen molar-refractivity contribution in [2.24, 2.45) is 17.3 Å². The zero-order valence-electron chi connectivity index (χ0n) is 30.7. The number of nitrogens with one attached hydrogen (secondary N) is 3. The molecule has 1 aromatic heterocycles. The molecule has 3 amide bonds. The normalized spacial score (nSPS) is 24.1. The molecule has 2 aromatic rings. The van der Waals surface area contributed by atoms with Crippen molar-refractivity contribution >= 4 is 29.7 Å². The fourth-order valence-corrected chi connectivity index (χ4v) is 8.18. The summed E-state index contributed by atoms with van der Waals surface area (Å²) < 4.78 is 75.6. The zero-order chi connectivity index (χ0) is 38.9. The van der Waals surface area contributed by atoms with E-state index in [-0.39, 0.29) is 63.4 Å². The fraction of sp³-hybridized carbons (Fsp3) is 0.658. The maximum Gasteiger partial charge on any atom is 0.270 e. The lowest BCUT2D eigenvalue weighted by atomic mass is 9.82. The third kappa shape index (κ3) is 8.27. The highest BCUT2D eigenvalue weighted by Crippen LogP contribution is 2.66. The van der Waals surface area contributed by atoms with Gasteiger partial charge in [-0.2, -0.15) is 5.10 Å². The Morgan fingerprint density at radius 3 is 2.28 bits per heavy atom. The molecule has 3 aliphatic carbocycles. The molecule has 54 heavy (non-hydrogen) atoms. The minimum Gasteiger partial charge on any atom is -0.386 e. The minimum absolute atomic E-state index is 0.0982. The van der Waals surface area contributed by atoms with Crippen LogP contribution in [0.15, 0.2) is 30.5 Å². The Labute approximate surface area is 311 Å². The van der Waals surface area contributed by atoms with Gasteiger partial charge in [-0.05, 0) is 68.2 Å². The molecule has 3 N–H and O–H groups in total. The summed E-state index contributed by atoms with van der Waals surface area (Å²) in [5.74, 6) is -6.99. The number of anilines is 1. The number of piperidine rings is 1. The van der Waals surface area contributed by atoms with E-state index in [4.69, 9.17) is 4.74 Å². The van der Waals surface area contributed by atoms with Gasteiger partial charge in [0, 0.05) is 75.3 Å². The van der Waals surface area contributed by atoms with Gasteiger partial charge in [0.1, 0.15) is 23.8 Å². The number of halogens is 5. The van der Waals surface area contributed by atoms with Crippen LogP contribution in [-0.2, 0) is 31.1 Å². The number of carbonyl (C=O) groups excluding carboxylic acids is 4. The summed E-state index contributed by atoms with van der Waals surface area (Å²) in [5, 5.41) is 12.3.